The minimum atomic E-state index is -6.55. The molecular weight excluding hydrogens is 788 g/mol. The third kappa shape index (κ3) is 19.6. The molecule has 0 aliphatic carbocycles. The van der Waals surface area contributed by atoms with E-state index in [9.17, 15) is 75.4 Å². The van der Waals surface area contributed by atoms with Crippen molar-refractivity contribution in [2.75, 3.05) is 66.1 Å². The quantitative estimate of drug-likeness (QED) is 0.0671. The predicted molar refractivity (Wildman–Crippen MR) is 129 cm³/mol. The van der Waals surface area contributed by atoms with Crippen molar-refractivity contribution < 1.29 is 134 Å². The van der Waals surface area contributed by atoms with E-state index in [4.69, 9.17) is 20.4 Å². The van der Waals surface area contributed by atoms with Crippen molar-refractivity contribution in [2.45, 2.75) is 80.0 Å². The second kappa shape index (κ2) is 20.3. The van der Waals surface area contributed by atoms with Crippen molar-refractivity contribution in [3.8, 4) is 0 Å². The van der Waals surface area contributed by atoms with Crippen LogP contribution in [-0.4, -0.2) is 159 Å². The smallest absolute Gasteiger partial charge is 0.396 e. The minimum Gasteiger partial charge on any atom is -0.396 e. The molecule has 5 N–H and O–H groups in total. The monoisotopic (exact) mass is 820 g/mol. The van der Waals surface area contributed by atoms with Gasteiger partial charge in [0.05, 0.1) is 38.6 Å². The van der Waals surface area contributed by atoms with E-state index in [-0.39, 0.29) is 0 Å². The number of aliphatic hydroxyl groups is 5. The summed E-state index contributed by atoms with van der Waals surface area (Å²) in [6, 6.07) is 0. The van der Waals surface area contributed by atoms with E-state index in [1.807, 2.05) is 0 Å². The van der Waals surface area contributed by atoms with Crippen LogP contribution < -0.4 is 0 Å². The van der Waals surface area contributed by atoms with Gasteiger partial charge in [0.2, 0.25) is 0 Å². The molecule has 0 saturated heterocycles. The maximum atomic E-state index is 13.7. The lowest BCUT2D eigenvalue weighted by atomic mass is 10.3. The molecule has 0 bridgehead atoms. The molecule has 314 valence electrons. The van der Waals surface area contributed by atoms with Gasteiger partial charge in [0.1, 0.15) is 32.5 Å². The lowest BCUT2D eigenvalue weighted by Gasteiger charge is -2.31. The number of hydrogen-bond donors (Lipinski definition) is 5. The third-order valence-corrected chi connectivity index (χ3v) is 5.03. The highest BCUT2D eigenvalue weighted by atomic mass is 19.4. The summed E-state index contributed by atoms with van der Waals surface area (Å²) in [5, 5.41) is 44.8. The Bertz CT molecular complexity index is 937. The van der Waals surface area contributed by atoms with Crippen molar-refractivity contribution in [1.29, 1.82) is 0 Å². The highest BCUT2D eigenvalue weighted by molar-refractivity contribution is 4.74. The molecule has 0 radical (unpaired) electrons. The molecule has 0 amide bonds. The van der Waals surface area contributed by atoms with Crippen LogP contribution >= 0.6 is 0 Å². The molecule has 2 atom stereocenters. The Kier molecular flexibility index (Phi) is 19.7. The summed E-state index contributed by atoms with van der Waals surface area (Å²) in [5.74, 6) is 0. The topological polar surface area (TPSA) is 175 Å². The maximum absolute atomic E-state index is 13.7. The molecule has 0 aliphatic rings. The molecule has 0 saturated carbocycles. The summed E-state index contributed by atoms with van der Waals surface area (Å²) in [4.78, 5) is 0. The number of hydrogen-bond acceptors (Lipinski definition) is 13. The van der Waals surface area contributed by atoms with Gasteiger partial charge >= 0.3 is 48.9 Å². The fraction of sp³-hybridized carbons (Fsp3) is 1.00. The summed E-state index contributed by atoms with van der Waals surface area (Å²) in [6.45, 7) is -16.0. The third-order valence-electron chi connectivity index (χ3n) is 5.03. The lowest BCUT2D eigenvalue weighted by molar-refractivity contribution is -0.516. The molecule has 0 spiro atoms. The maximum Gasteiger partial charge on any atom is 0.453 e. The molecule has 0 aromatic carbocycles. The Labute approximate surface area is 280 Å². The Morgan fingerprint density at radius 1 is 0.346 bits per heavy atom. The first kappa shape index (κ1) is 50.4. The van der Waals surface area contributed by atoms with Crippen molar-refractivity contribution in [3.05, 3.63) is 0 Å². The molecule has 0 aliphatic heterocycles. The molecule has 13 nitrogen and oxygen atoms in total. The molecule has 29 heteroatoms. The van der Waals surface area contributed by atoms with Crippen LogP contribution in [0.3, 0.4) is 0 Å². The van der Waals surface area contributed by atoms with Crippen LogP contribution in [0.4, 0.5) is 70.2 Å². The summed E-state index contributed by atoms with van der Waals surface area (Å²) >= 11 is 0. The summed E-state index contributed by atoms with van der Waals surface area (Å²) in [6.07, 6.45) is -54.2. The fourth-order valence-corrected chi connectivity index (χ4v) is 2.87. The number of ether oxygens (including phenoxy) is 8. The first-order chi connectivity index (χ1) is 23.3. The van der Waals surface area contributed by atoms with Gasteiger partial charge in [-0.1, -0.05) is 0 Å². The van der Waals surface area contributed by atoms with Crippen LogP contribution in [-0.2, 0) is 37.9 Å². The van der Waals surface area contributed by atoms with Crippen LogP contribution in [0.25, 0.3) is 0 Å². The van der Waals surface area contributed by atoms with Crippen molar-refractivity contribution in [2.24, 2.45) is 0 Å². The molecule has 0 heterocycles. The number of aliphatic hydroxyl groups excluding tert-OH is 5. The van der Waals surface area contributed by atoms with Crippen molar-refractivity contribution in [1.82, 2.24) is 0 Å². The van der Waals surface area contributed by atoms with Crippen molar-refractivity contribution >= 4 is 0 Å². The molecule has 0 fully saturated rings. The normalized spacial score (nSPS) is 16.3. The number of alkyl halides is 16. The molecule has 2 unspecified atom stereocenters. The van der Waals surface area contributed by atoms with Gasteiger partial charge in [-0.25, -0.2) is 18.9 Å². The molecule has 52 heavy (non-hydrogen) atoms. The van der Waals surface area contributed by atoms with E-state index < -0.39 is 146 Å². The average Bonchev–Trinajstić information content (AvgIpc) is 2.90. The Morgan fingerprint density at radius 2 is 0.538 bits per heavy atom. The van der Waals surface area contributed by atoms with E-state index in [1.165, 1.54) is 0 Å². The van der Waals surface area contributed by atoms with Gasteiger partial charge in [-0.2, -0.15) is 70.2 Å². The van der Waals surface area contributed by atoms with Gasteiger partial charge in [0.25, 0.3) is 0 Å². The Morgan fingerprint density at radius 3 is 0.731 bits per heavy atom. The zero-order chi connectivity index (χ0) is 40.9. The van der Waals surface area contributed by atoms with E-state index in [2.05, 4.69) is 37.9 Å². The summed E-state index contributed by atoms with van der Waals surface area (Å²) in [5.41, 5.74) is 0. The summed E-state index contributed by atoms with van der Waals surface area (Å²) in [7, 11) is 0. The first-order valence-corrected chi connectivity index (χ1v) is 13.7. The summed E-state index contributed by atoms with van der Waals surface area (Å²) < 4.78 is 243. The van der Waals surface area contributed by atoms with Crippen LogP contribution in [0.1, 0.15) is 12.8 Å². The zero-order valence-electron chi connectivity index (χ0n) is 25.8. The fourth-order valence-electron chi connectivity index (χ4n) is 2.87. The minimum absolute atomic E-state index is 0.434. The van der Waals surface area contributed by atoms with Crippen molar-refractivity contribution in [3.63, 3.8) is 0 Å². The van der Waals surface area contributed by atoms with Crippen LogP contribution in [0.2, 0.25) is 0 Å². The number of rotatable bonds is 30. The zero-order valence-corrected chi connectivity index (χ0v) is 25.8. The van der Waals surface area contributed by atoms with Gasteiger partial charge in [0, 0.05) is 13.2 Å². The lowest BCUT2D eigenvalue weighted by Crippen LogP contribution is -2.53. The molecule has 0 aromatic heterocycles. The van der Waals surface area contributed by atoms with Gasteiger partial charge < -0.3 is 44.5 Å². The predicted octanol–water partition coefficient (Wildman–Crippen LogP) is 2.71. The van der Waals surface area contributed by atoms with Crippen LogP contribution in [0, 0.1) is 0 Å². The standard InChI is InChI=1S/C23H32F16O13/c24-16(25,9-45-5-13(42)1-3-40)49-20(32,33)22(36,37)51-18(28,29)11-47-7-15(44)8-48-12-19(30,31)52-23(38,39)21(34,35)50-17(26,27)10-46-6-14(43)2-4-41/h13-15,40-44H,1-12H2. The molecule has 0 aromatic rings. The molecular formula is C23H32F16O13. The van der Waals surface area contributed by atoms with Gasteiger partial charge in [-0.05, 0) is 12.8 Å². The largest absolute Gasteiger partial charge is 0.453 e. The van der Waals surface area contributed by atoms with E-state index in [1.54, 1.807) is 0 Å². The Balaban J connectivity index is 4.91. The average molecular weight is 820 g/mol. The molecule has 0 rings (SSSR count). The SMILES string of the molecule is OCCC(O)COCC(F)(F)OC(F)(F)C(F)(F)OC(F)(F)COCC(O)COCC(F)(F)OC(F)(F)C(F)(F)OC(F)(F)COCC(O)CCO. The van der Waals surface area contributed by atoms with Gasteiger partial charge in [0.15, 0.2) is 0 Å². The van der Waals surface area contributed by atoms with E-state index in [0.717, 1.165) is 0 Å². The second-order valence-electron chi connectivity index (χ2n) is 10.1. The van der Waals surface area contributed by atoms with Gasteiger partial charge in [-0.15, -0.1) is 0 Å². The second-order valence-corrected chi connectivity index (χ2v) is 10.1. The highest BCUT2D eigenvalue weighted by Crippen LogP contribution is 2.44. The van der Waals surface area contributed by atoms with E-state index >= 15 is 0 Å². The first-order valence-electron chi connectivity index (χ1n) is 13.7. The van der Waals surface area contributed by atoms with Crippen LogP contribution in [0.5, 0.6) is 0 Å². The number of halogens is 16. The van der Waals surface area contributed by atoms with Crippen LogP contribution in [0.15, 0.2) is 0 Å². The van der Waals surface area contributed by atoms with Gasteiger partial charge in [-0.3, -0.25) is 0 Å². The van der Waals surface area contributed by atoms with E-state index in [0.29, 0.717) is 0 Å². The Hall–Kier alpha value is -1.64. The highest BCUT2D eigenvalue weighted by Gasteiger charge is 2.68.